The molecule has 7 nitrogen and oxygen atoms in total. The van der Waals surface area contributed by atoms with Gasteiger partial charge in [0.1, 0.15) is 16.8 Å². The van der Waals surface area contributed by atoms with E-state index in [4.69, 9.17) is 22.1 Å². The first-order valence-electron chi connectivity index (χ1n) is 10.6. The molecule has 5 rings (SSSR count). The zero-order valence-electron chi connectivity index (χ0n) is 18.2. The Morgan fingerprint density at radius 1 is 1.09 bits per heavy atom. The second-order valence-corrected chi connectivity index (χ2v) is 8.73. The minimum absolute atomic E-state index is 0.0456. The van der Waals surface area contributed by atoms with Crippen LogP contribution in [0, 0.1) is 0 Å². The van der Waals surface area contributed by atoms with E-state index in [1.165, 1.54) is 12.0 Å². The van der Waals surface area contributed by atoms with Crippen molar-refractivity contribution >= 4 is 40.6 Å². The van der Waals surface area contributed by atoms with Crippen LogP contribution in [0.5, 0.6) is 0 Å². The highest BCUT2D eigenvalue weighted by Crippen LogP contribution is 2.56. The van der Waals surface area contributed by atoms with Gasteiger partial charge >= 0.3 is 5.97 Å². The number of halogens is 1. The number of carbonyl (C=O) groups excluding carboxylic acids is 3. The van der Waals surface area contributed by atoms with E-state index in [9.17, 15) is 14.4 Å². The van der Waals surface area contributed by atoms with Crippen LogP contribution in [0.1, 0.15) is 24.8 Å². The normalized spacial score (nSPS) is 22.2. The van der Waals surface area contributed by atoms with Gasteiger partial charge in [0, 0.05) is 46.7 Å². The first-order chi connectivity index (χ1) is 15.8. The van der Waals surface area contributed by atoms with E-state index in [0.29, 0.717) is 46.1 Å². The van der Waals surface area contributed by atoms with Crippen LogP contribution < -0.4 is 15.5 Å². The molecule has 168 valence electrons. The third-order valence-electron chi connectivity index (χ3n) is 6.67. The number of carbonyl (C=O) groups is 3. The number of amides is 1. The zero-order chi connectivity index (χ0) is 23.5. The van der Waals surface area contributed by atoms with E-state index in [1.807, 2.05) is 6.07 Å². The highest BCUT2D eigenvalue weighted by molar-refractivity contribution is 6.30. The number of esters is 1. The smallest absolute Gasteiger partial charge is 0.339 e. The number of nitrogens with two attached hydrogens (primary N) is 1. The first-order valence-corrected chi connectivity index (χ1v) is 11.0. The minimum Gasteiger partial charge on any atom is -0.466 e. The number of nitrogens with zero attached hydrogens (tertiary/aromatic N) is 2. The Morgan fingerprint density at radius 2 is 1.79 bits per heavy atom. The summed E-state index contributed by atoms with van der Waals surface area (Å²) in [6.45, 7) is 0. The number of para-hydroxylation sites is 1. The van der Waals surface area contributed by atoms with Gasteiger partial charge in [0.15, 0.2) is 5.78 Å². The summed E-state index contributed by atoms with van der Waals surface area (Å²) in [6.07, 6.45) is 1.42. The van der Waals surface area contributed by atoms with Crippen molar-refractivity contribution < 1.29 is 19.1 Å². The monoisotopic (exact) mass is 463 g/mol. The predicted molar refractivity (Wildman–Crippen MR) is 125 cm³/mol. The van der Waals surface area contributed by atoms with Crippen LogP contribution >= 0.6 is 11.6 Å². The Hall–Kier alpha value is -3.58. The van der Waals surface area contributed by atoms with Crippen LogP contribution in [0.2, 0.25) is 5.02 Å². The summed E-state index contributed by atoms with van der Waals surface area (Å²) in [5.74, 6) is -1.26. The van der Waals surface area contributed by atoms with Crippen molar-refractivity contribution in [1.82, 2.24) is 0 Å². The summed E-state index contributed by atoms with van der Waals surface area (Å²) in [5, 5.41) is 0.540. The number of ether oxygens (including phenoxy) is 1. The first kappa shape index (κ1) is 21.3. The van der Waals surface area contributed by atoms with E-state index in [-0.39, 0.29) is 23.6 Å². The number of benzene rings is 2. The number of methoxy groups -OCH3 is 1. The average molecular weight is 464 g/mol. The summed E-state index contributed by atoms with van der Waals surface area (Å²) in [5.41, 5.74) is 7.73. The molecule has 0 bridgehead atoms. The van der Waals surface area contributed by atoms with Crippen molar-refractivity contribution in [2.75, 3.05) is 24.0 Å². The van der Waals surface area contributed by atoms with Gasteiger partial charge in [0.2, 0.25) is 5.91 Å². The van der Waals surface area contributed by atoms with E-state index < -0.39 is 17.3 Å². The summed E-state index contributed by atoms with van der Waals surface area (Å²) in [4.78, 5) is 44.0. The molecule has 33 heavy (non-hydrogen) atoms. The maximum absolute atomic E-state index is 14.0. The maximum Gasteiger partial charge on any atom is 0.339 e. The summed E-state index contributed by atoms with van der Waals surface area (Å²) < 4.78 is 5.13. The number of fused-ring (bicyclic) bond motifs is 3. The van der Waals surface area contributed by atoms with Crippen molar-refractivity contribution in [2.24, 2.45) is 5.73 Å². The molecule has 0 saturated carbocycles. The largest absolute Gasteiger partial charge is 0.466 e. The van der Waals surface area contributed by atoms with Crippen molar-refractivity contribution in [3.63, 3.8) is 0 Å². The molecule has 0 radical (unpaired) electrons. The Morgan fingerprint density at radius 3 is 2.48 bits per heavy atom. The third-order valence-corrected chi connectivity index (χ3v) is 6.92. The molecule has 2 aliphatic heterocycles. The van der Waals surface area contributed by atoms with Crippen LogP contribution in [0.3, 0.4) is 0 Å². The summed E-state index contributed by atoms with van der Waals surface area (Å²) in [6, 6.07) is 14.1. The molecule has 1 aliphatic carbocycles. The number of rotatable bonds is 2. The Kier molecular flexibility index (Phi) is 4.83. The van der Waals surface area contributed by atoms with E-state index in [0.717, 1.165) is 0 Å². The van der Waals surface area contributed by atoms with E-state index >= 15 is 0 Å². The van der Waals surface area contributed by atoms with Crippen LogP contribution in [0.25, 0.3) is 0 Å². The fraction of sp³-hybridized carbons (Fsp3) is 0.240. The van der Waals surface area contributed by atoms with Gasteiger partial charge in [-0.15, -0.1) is 0 Å². The average Bonchev–Trinajstić information content (AvgIpc) is 3.03. The molecule has 1 atom stereocenters. The Labute approximate surface area is 196 Å². The van der Waals surface area contributed by atoms with Gasteiger partial charge < -0.3 is 15.4 Å². The predicted octanol–water partition coefficient (Wildman–Crippen LogP) is 3.42. The van der Waals surface area contributed by atoms with Crippen molar-refractivity contribution in [1.29, 1.82) is 0 Å². The summed E-state index contributed by atoms with van der Waals surface area (Å²) >= 11 is 6.09. The van der Waals surface area contributed by atoms with Gasteiger partial charge in [0.25, 0.3) is 0 Å². The quantitative estimate of drug-likeness (QED) is 0.686. The fourth-order valence-corrected chi connectivity index (χ4v) is 5.46. The fourth-order valence-electron chi connectivity index (χ4n) is 5.34. The highest BCUT2D eigenvalue weighted by Gasteiger charge is 2.63. The topological polar surface area (TPSA) is 92.9 Å². The van der Waals surface area contributed by atoms with Gasteiger partial charge in [0.05, 0.1) is 7.11 Å². The molecule has 1 unspecified atom stereocenters. The minimum atomic E-state index is -1.65. The van der Waals surface area contributed by atoms with Crippen molar-refractivity contribution in [3.05, 3.63) is 81.8 Å². The maximum atomic E-state index is 14.0. The van der Waals surface area contributed by atoms with Gasteiger partial charge in [-0.05, 0) is 43.2 Å². The van der Waals surface area contributed by atoms with Gasteiger partial charge in [-0.3, -0.25) is 14.5 Å². The van der Waals surface area contributed by atoms with Crippen LogP contribution in [0.15, 0.2) is 71.2 Å². The highest BCUT2D eigenvalue weighted by atomic mass is 35.5. The molecule has 0 aromatic heterocycles. The number of allylic oxidation sites excluding steroid dienone is 1. The van der Waals surface area contributed by atoms with Gasteiger partial charge in [-0.2, -0.15) is 0 Å². The molecule has 2 heterocycles. The molecule has 8 heteroatoms. The van der Waals surface area contributed by atoms with Crippen LogP contribution in [-0.4, -0.2) is 31.8 Å². The second-order valence-electron chi connectivity index (χ2n) is 8.29. The van der Waals surface area contributed by atoms with Gasteiger partial charge in [-0.1, -0.05) is 29.8 Å². The Bertz CT molecular complexity index is 1280. The molecule has 0 saturated heterocycles. The molecule has 2 N–H and O–H groups in total. The van der Waals surface area contributed by atoms with Crippen LogP contribution in [0.4, 0.5) is 11.4 Å². The number of hydrogen-bond acceptors (Lipinski definition) is 6. The van der Waals surface area contributed by atoms with Gasteiger partial charge in [-0.25, -0.2) is 4.79 Å². The lowest BCUT2D eigenvalue weighted by molar-refractivity contribution is -0.138. The number of anilines is 2. The van der Waals surface area contributed by atoms with Crippen LogP contribution in [-0.2, 0) is 24.5 Å². The second kappa shape index (κ2) is 7.49. The van der Waals surface area contributed by atoms with E-state index in [1.54, 1.807) is 54.4 Å². The standard InChI is InChI=1S/C25H22ClN3O4/c1-28-17-7-4-3-6-16(17)25(24(28)32)20-18(8-5-9-19(20)30)29(15-12-10-14(26)11-13-15)22(27)21(25)23(31)33-2/h3-4,6-7,10-13H,5,8-9,27H2,1-2H3. The molecule has 2 aromatic rings. The number of likely N-dealkylation sites (N-methyl/N-ethyl adjacent to an activating group) is 1. The lowest BCUT2D eigenvalue weighted by Gasteiger charge is -2.44. The number of hydrogen-bond donors (Lipinski definition) is 1. The molecule has 2 aromatic carbocycles. The molecule has 0 fully saturated rings. The third kappa shape index (κ3) is 2.72. The number of ketones is 1. The number of Topliss-reactive ketones (excluding diaryl/α,β-unsaturated/α-hetero) is 1. The molecular formula is C25H22ClN3O4. The SMILES string of the molecule is COC(=O)C1=C(N)N(c2ccc(Cl)cc2)C2=C(C(=O)CCC2)C12C(=O)N(C)c1ccccc12. The van der Waals surface area contributed by atoms with Crippen molar-refractivity contribution in [3.8, 4) is 0 Å². The lowest BCUT2D eigenvalue weighted by Crippen LogP contribution is -2.54. The summed E-state index contributed by atoms with van der Waals surface area (Å²) in [7, 11) is 2.88. The lowest BCUT2D eigenvalue weighted by atomic mass is 9.63. The van der Waals surface area contributed by atoms with E-state index in [2.05, 4.69) is 0 Å². The van der Waals surface area contributed by atoms with Crippen molar-refractivity contribution in [2.45, 2.75) is 24.7 Å². The molecular weight excluding hydrogens is 442 g/mol. The zero-order valence-corrected chi connectivity index (χ0v) is 19.0. The molecule has 3 aliphatic rings. The Balaban J connectivity index is 1.92. The molecule has 1 amide bonds. The molecule has 1 spiro atoms.